The molecule has 0 spiro atoms. The summed E-state index contributed by atoms with van der Waals surface area (Å²) in [6.07, 6.45) is 4.04. The van der Waals surface area contributed by atoms with Gasteiger partial charge in [-0.05, 0) is 50.4 Å². The maximum absolute atomic E-state index is 6.09. The molecule has 1 fully saturated rings. The molecule has 1 aliphatic heterocycles. The van der Waals surface area contributed by atoms with Crippen molar-refractivity contribution < 1.29 is 4.74 Å². The lowest BCUT2D eigenvalue weighted by Gasteiger charge is -2.25. The van der Waals surface area contributed by atoms with E-state index in [4.69, 9.17) is 16.3 Å². The van der Waals surface area contributed by atoms with Crippen LogP contribution in [0.3, 0.4) is 0 Å². The lowest BCUT2D eigenvalue weighted by molar-refractivity contribution is 0.0316. The normalized spacial score (nSPS) is 25.3. The zero-order valence-electron chi connectivity index (χ0n) is 11.2. The molecule has 1 aromatic rings. The van der Waals surface area contributed by atoms with Crippen molar-refractivity contribution in [3.8, 4) is 0 Å². The van der Waals surface area contributed by atoms with Gasteiger partial charge in [0.2, 0.25) is 0 Å². The van der Waals surface area contributed by atoms with Gasteiger partial charge in [0, 0.05) is 5.02 Å². The van der Waals surface area contributed by atoms with Crippen LogP contribution in [-0.4, -0.2) is 18.8 Å². The SMILES string of the molecule is CCCNC(c1cccc(Cl)c1)C1CCC(C)O1. The second kappa shape index (κ2) is 6.55. The van der Waals surface area contributed by atoms with Crippen LogP contribution >= 0.6 is 11.6 Å². The van der Waals surface area contributed by atoms with Crippen LogP contribution in [0.15, 0.2) is 24.3 Å². The van der Waals surface area contributed by atoms with Crippen molar-refractivity contribution >= 4 is 11.6 Å². The molecular weight excluding hydrogens is 246 g/mol. The Morgan fingerprint density at radius 3 is 2.89 bits per heavy atom. The first kappa shape index (κ1) is 13.9. The highest BCUT2D eigenvalue weighted by Crippen LogP contribution is 2.31. The van der Waals surface area contributed by atoms with E-state index in [2.05, 4.69) is 25.2 Å². The summed E-state index contributed by atoms with van der Waals surface area (Å²) in [5, 5.41) is 4.39. The van der Waals surface area contributed by atoms with E-state index < -0.39 is 0 Å². The molecule has 18 heavy (non-hydrogen) atoms. The van der Waals surface area contributed by atoms with E-state index in [1.807, 2.05) is 18.2 Å². The number of halogens is 1. The molecule has 100 valence electrons. The molecule has 0 bridgehead atoms. The molecule has 3 heteroatoms. The molecule has 0 aliphatic carbocycles. The molecule has 0 radical (unpaired) electrons. The maximum Gasteiger partial charge on any atom is 0.0774 e. The van der Waals surface area contributed by atoms with E-state index in [0.29, 0.717) is 6.10 Å². The van der Waals surface area contributed by atoms with Gasteiger partial charge in [-0.2, -0.15) is 0 Å². The van der Waals surface area contributed by atoms with Gasteiger partial charge in [0.15, 0.2) is 0 Å². The first-order chi connectivity index (χ1) is 8.70. The van der Waals surface area contributed by atoms with Crippen LogP contribution in [0, 0.1) is 0 Å². The van der Waals surface area contributed by atoms with Gasteiger partial charge in [0.1, 0.15) is 0 Å². The topological polar surface area (TPSA) is 21.3 Å². The summed E-state index contributed by atoms with van der Waals surface area (Å²) < 4.78 is 6.01. The molecule has 2 rings (SSSR count). The number of nitrogens with one attached hydrogen (secondary N) is 1. The Labute approximate surface area is 115 Å². The predicted molar refractivity (Wildman–Crippen MR) is 76.1 cm³/mol. The van der Waals surface area contributed by atoms with Gasteiger partial charge in [0.25, 0.3) is 0 Å². The Balaban J connectivity index is 2.14. The maximum atomic E-state index is 6.09. The molecule has 1 aliphatic rings. The number of rotatable bonds is 5. The van der Waals surface area contributed by atoms with E-state index in [0.717, 1.165) is 30.8 Å². The van der Waals surface area contributed by atoms with E-state index >= 15 is 0 Å². The number of hydrogen-bond donors (Lipinski definition) is 1. The second-order valence-corrected chi connectivity index (χ2v) is 5.49. The van der Waals surface area contributed by atoms with Crippen LogP contribution in [0.5, 0.6) is 0 Å². The van der Waals surface area contributed by atoms with Crippen LogP contribution in [0.25, 0.3) is 0 Å². The van der Waals surface area contributed by atoms with Gasteiger partial charge in [-0.1, -0.05) is 30.7 Å². The highest BCUT2D eigenvalue weighted by Gasteiger charge is 2.30. The van der Waals surface area contributed by atoms with Gasteiger partial charge >= 0.3 is 0 Å². The molecule has 1 heterocycles. The van der Waals surface area contributed by atoms with Crippen LogP contribution in [-0.2, 0) is 4.74 Å². The van der Waals surface area contributed by atoms with Crippen molar-refractivity contribution in [2.24, 2.45) is 0 Å². The average molecular weight is 268 g/mol. The van der Waals surface area contributed by atoms with Gasteiger partial charge in [-0.3, -0.25) is 0 Å². The minimum Gasteiger partial charge on any atom is -0.373 e. The quantitative estimate of drug-likeness (QED) is 0.872. The van der Waals surface area contributed by atoms with Crippen molar-refractivity contribution in [1.29, 1.82) is 0 Å². The largest absolute Gasteiger partial charge is 0.373 e. The fourth-order valence-corrected chi connectivity index (χ4v) is 2.74. The fourth-order valence-electron chi connectivity index (χ4n) is 2.54. The number of benzene rings is 1. The lowest BCUT2D eigenvalue weighted by Crippen LogP contribution is -2.32. The molecular formula is C15H22ClNO. The van der Waals surface area contributed by atoms with Crippen LogP contribution in [0.1, 0.15) is 44.7 Å². The van der Waals surface area contributed by atoms with Crippen molar-refractivity contribution in [2.45, 2.75) is 51.4 Å². The monoisotopic (exact) mass is 267 g/mol. The zero-order chi connectivity index (χ0) is 13.0. The lowest BCUT2D eigenvalue weighted by atomic mass is 9.99. The Kier molecular flexibility index (Phi) is 5.04. The summed E-state index contributed by atoms with van der Waals surface area (Å²) in [7, 11) is 0. The molecule has 1 saturated heterocycles. The van der Waals surface area contributed by atoms with Crippen LogP contribution in [0.4, 0.5) is 0 Å². The third kappa shape index (κ3) is 3.47. The zero-order valence-corrected chi connectivity index (χ0v) is 11.9. The molecule has 2 nitrogen and oxygen atoms in total. The van der Waals surface area contributed by atoms with Gasteiger partial charge in [0.05, 0.1) is 18.2 Å². The van der Waals surface area contributed by atoms with Gasteiger partial charge in [-0.25, -0.2) is 0 Å². The van der Waals surface area contributed by atoms with Gasteiger partial charge < -0.3 is 10.1 Å². The first-order valence-electron chi connectivity index (χ1n) is 6.85. The summed E-state index contributed by atoms with van der Waals surface area (Å²) >= 11 is 6.09. The molecule has 0 aromatic heterocycles. The molecule has 0 amide bonds. The second-order valence-electron chi connectivity index (χ2n) is 5.05. The van der Waals surface area contributed by atoms with E-state index in [9.17, 15) is 0 Å². The van der Waals surface area contributed by atoms with Gasteiger partial charge in [-0.15, -0.1) is 0 Å². The van der Waals surface area contributed by atoms with Crippen molar-refractivity contribution in [1.82, 2.24) is 5.32 Å². The average Bonchev–Trinajstić information content (AvgIpc) is 2.76. The summed E-state index contributed by atoms with van der Waals surface area (Å²) in [5.41, 5.74) is 1.23. The summed E-state index contributed by atoms with van der Waals surface area (Å²) in [4.78, 5) is 0. The molecule has 0 saturated carbocycles. The molecule has 1 N–H and O–H groups in total. The Hall–Kier alpha value is -0.570. The fraction of sp³-hybridized carbons (Fsp3) is 0.600. The van der Waals surface area contributed by atoms with Crippen molar-refractivity contribution in [3.63, 3.8) is 0 Å². The smallest absolute Gasteiger partial charge is 0.0774 e. The van der Waals surface area contributed by atoms with Crippen molar-refractivity contribution in [3.05, 3.63) is 34.9 Å². The third-order valence-electron chi connectivity index (χ3n) is 3.46. The number of hydrogen-bond acceptors (Lipinski definition) is 2. The Morgan fingerprint density at radius 1 is 1.44 bits per heavy atom. The van der Waals surface area contributed by atoms with Crippen LogP contribution < -0.4 is 5.32 Å². The van der Waals surface area contributed by atoms with Crippen molar-refractivity contribution in [2.75, 3.05) is 6.54 Å². The minimum absolute atomic E-state index is 0.258. The third-order valence-corrected chi connectivity index (χ3v) is 3.69. The summed E-state index contributed by atoms with van der Waals surface area (Å²) in [6.45, 7) is 5.33. The highest BCUT2D eigenvalue weighted by molar-refractivity contribution is 6.30. The van der Waals surface area contributed by atoms with Crippen LogP contribution in [0.2, 0.25) is 5.02 Å². The van der Waals surface area contributed by atoms with E-state index in [1.165, 1.54) is 5.56 Å². The van der Waals surface area contributed by atoms with E-state index in [1.54, 1.807) is 0 Å². The highest BCUT2D eigenvalue weighted by atomic mass is 35.5. The van der Waals surface area contributed by atoms with E-state index in [-0.39, 0.29) is 12.1 Å². The molecule has 1 aromatic carbocycles. The Morgan fingerprint density at radius 2 is 2.28 bits per heavy atom. The Bertz CT molecular complexity index is 383. The standard InChI is InChI=1S/C15H22ClNO/c1-3-9-17-15(14-8-7-11(2)18-14)12-5-4-6-13(16)10-12/h4-6,10-11,14-15,17H,3,7-9H2,1-2H3. The predicted octanol–water partition coefficient (Wildman–Crippen LogP) is 3.95. The number of ether oxygens (including phenoxy) is 1. The summed E-state index contributed by atoms with van der Waals surface area (Å²) in [6, 6.07) is 8.36. The molecule has 3 unspecified atom stereocenters. The molecule has 3 atom stereocenters. The summed E-state index contributed by atoms with van der Waals surface area (Å²) in [5.74, 6) is 0. The first-order valence-corrected chi connectivity index (χ1v) is 7.22. The minimum atomic E-state index is 0.258.